The second kappa shape index (κ2) is 4.91. The Bertz CT molecular complexity index is 558. The first-order chi connectivity index (χ1) is 8.88. The molecule has 19 heavy (non-hydrogen) atoms. The van der Waals surface area contributed by atoms with E-state index < -0.39 is 11.7 Å². The number of nitrogens with one attached hydrogen (secondary N) is 1. The summed E-state index contributed by atoms with van der Waals surface area (Å²) in [6.07, 6.45) is -3.25. The van der Waals surface area contributed by atoms with Crippen molar-refractivity contribution in [2.75, 3.05) is 5.32 Å². The largest absolute Gasteiger partial charge is 0.416 e. The molecule has 0 atom stereocenters. The molecule has 0 aliphatic heterocycles. The monoisotopic (exact) mass is 271 g/mol. The number of alkyl halides is 3. The van der Waals surface area contributed by atoms with Gasteiger partial charge in [0, 0.05) is 18.3 Å². The lowest BCUT2D eigenvalue weighted by atomic mass is 10.2. The van der Waals surface area contributed by atoms with Crippen molar-refractivity contribution in [2.45, 2.75) is 26.6 Å². The van der Waals surface area contributed by atoms with Gasteiger partial charge in [0.25, 0.3) is 0 Å². The van der Waals surface area contributed by atoms with Gasteiger partial charge in [-0.15, -0.1) is 0 Å². The normalized spacial score (nSPS) is 11.6. The van der Waals surface area contributed by atoms with Gasteiger partial charge in [0.2, 0.25) is 0 Å². The second-order valence-electron chi connectivity index (χ2n) is 4.08. The van der Waals surface area contributed by atoms with E-state index in [1.165, 1.54) is 0 Å². The van der Waals surface area contributed by atoms with Crippen LogP contribution in [0.1, 0.15) is 22.6 Å². The third-order valence-electron chi connectivity index (χ3n) is 2.71. The average Bonchev–Trinajstić information content (AvgIpc) is 2.66. The van der Waals surface area contributed by atoms with E-state index >= 15 is 0 Å². The van der Waals surface area contributed by atoms with Gasteiger partial charge in [-0.1, -0.05) is 5.16 Å². The summed E-state index contributed by atoms with van der Waals surface area (Å²) in [5.41, 5.74) is 0.792. The highest BCUT2D eigenvalue weighted by Crippen LogP contribution is 2.30. The number of hydrogen-bond donors (Lipinski definition) is 1. The third kappa shape index (κ3) is 3.04. The van der Waals surface area contributed by atoms with Gasteiger partial charge in [0.05, 0.1) is 11.3 Å². The van der Waals surface area contributed by atoms with Crippen molar-refractivity contribution >= 4 is 5.82 Å². The van der Waals surface area contributed by atoms with Gasteiger partial charge in [0.1, 0.15) is 11.6 Å². The van der Waals surface area contributed by atoms with Gasteiger partial charge < -0.3 is 9.84 Å². The van der Waals surface area contributed by atoms with E-state index in [2.05, 4.69) is 15.5 Å². The maximum absolute atomic E-state index is 12.5. The van der Waals surface area contributed by atoms with Gasteiger partial charge in [-0.25, -0.2) is 4.98 Å². The summed E-state index contributed by atoms with van der Waals surface area (Å²) in [6.45, 7) is 3.83. The van der Waals surface area contributed by atoms with Crippen molar-refractivity contribution in [1.82, 2.24) is 10.1 Å². The summed E-state index contributed by atoms with van der Waals surface area (Å²) < 4.78 is 42.6. The predicted molar refractivity (Wildman–Crippen MR) is 62.5 cm³/mol. The van der Waals surface area contributed by atoms with Crippen LogP contribution in [0.5, 0.6) is 0 Å². The van der Waals surface area contributed by atoms with Crippen molar-refractivity contribution < 1.29 is 17.7 Å². The van der Waals surface area contributed by atoms with Gasteiger partial charge in [-0.05, 0) is 26.0 Å². The van der Waals surface area contributed by atoms with Crippen LogP contribution in [0.4, 0.5) is 19.0 Å². The van der Waals surface area contributed by atoms with E-state index in [0.717, 1.165) is 23.9 Å². The minimum atomic E-state index is -4.37. The Hall–Kier alpha value is -2.05. The van der Waals surface area contributed by atoms with E-state index in [1.54, 1.807) is 13.8 Å². The van der Waals surface area contributed by atoms with Crippen LogP contribution in [-0.2, 0) is 12.7 Å². The molecule has 2 rings (SSSR count). The number of rotatable bonds is 3. The van der Waals surface area contributed by atoms with Crippen molar-refractivity contribution in [2.24, 2.45) is 0 Å². The Morgan fingerprint density at radius 3 is 2.63 bits per heavy atom. The quantitative estimate of drug-likeness (QED) is 0.930. The molecular weight excluding hydrogens is 259 g/mol. The summed E-state index contributed by atoms with van der Waals surface area (Å²) >= 11 is 0. The number of anilines is 1. The lowest BCUT2D eigenvalue weighted by Crippen LogP contribution is -2.08. The fraction of sp³-hybridized carbons (Fsp3) is 0.333. The molecule has 2 aromatic rings. The Balaban J connectivity index is 2.12. The van der Waals surface area contributed by atoms with Crippen LogP contribution < -0.4 is 5.32 Å². The molecule has 4 nitrogen and oxygen atoms in total. The molecule has 0 aromatic carbocycles. The van der Waals surface area contributed by atoms with E-state index in [0.29, 0.717) is 18.0 Å². The maximum Gasteiger partial charge on any atom is 0.416 e. The Morgan fingerprint density at radius 2 is 2.05 bits per heavy atom. The van der Waals surface area contributed by atoms with Crippen LogP contribution in [0.3, 0.4) is 0 Å². The number of halogens is 3. The summed E-state index contributed by atoms with van der Waals surface area (Å²) in [4.78, 5) is 3.85. The van der Waals surface area contributed by atoms with Crippen LogP contribution in [-0.4, -0.2) is 10.1 Å². The molecule has 0 saturated heterocycles. The van der Waals surface area contributed by atoms with E-state index in [9.17, 15) is 13.2 Å². The molecule has 0 amide bonds. The Kier molecular flexibility index (Phi) is 3.46. The molecule has 2 aromatic heterocycles. The lowest BCUT2D eigenvalue weighted by molar-refractivity contribution is -0.137. The smallest absolute Gasteiger partial charge is 0.366 e. The molecule has 7 heteroatoms. The minimum Gasteiger partial charge on any atom is -0.366 e. The van der Waals surface area contributed by atoms with Crippen LogP contribution in [0.2, 0.25) is 0 Å². The zero-order valence-electron chi connectivity index (χ0n) is 10.4. The van der Waals surface area contributed by atoms with Gasteiger partial charge in [-0.3, -0.25) is 0 Å². The van der Waals surface area contributed by atoms with Crippen molar-refractivity contribution in [3.05, 3.63) is 40.9 Å². The summed E-state index contributed by atoms with van der Waals surface area (Å²) in [7, 11) is 0. The molecular formula is C12H12F3N3O. The van der Waals surface area contributed by atoms with E-state index in [1.807, 2.05) is 0 Å². The molecule has 0 aliphatic rings. The Morgan fingerprint density at radius 1 is 1.32 bits per heavy atom. The first kappa shape index (κ1) is 13.4. The fourth-order valence-corrected chi connectivity index (χ4v) is 1.64. The Labute approximate surface area is 107 Å². The first-order valence-corrected chi connectivity index (χ1v) is 5.57. The van der Waals surface area contributed by atoms with Crippen molar-refractivity contribution in [3.8, 4) is 0 Å². The van der Waals surface area contributed by atoms with Gasteiger partial charge in [-0.2, -0.15) is 13.2 Å². The molecule has 0 aliphatic carbocycles. The zero-order chi connectivity index (χ0) is 14.0. The average molecular weight is 271 g/mol. The van der Waals surface area contributed by atoms with E-state index in [-0.39, 0.29) is 5.82 Å². The number of aryl methyl sites for hydroxylation is 2. The molecule has 0 spiro atoms. The van der Waals surface area contributed by atoms with Crippen LogP contribution in [0.15, 0.2) is 22.9 Å². The number of pyridine rings is 1. The molecule has 2 heterocycles. The molecule has 0 radical (unpaired) electrons. The highest BCUT2D eigenvalue weighted by Gasteiger charge is 2.30. The van der Waals surface area contributed by atoms with Crippen LogP contribution in [0.25, 0.3) is 0 Å². The molecule has 0 saturated carbocycles. The summed E-state index contributed by atoms with van der Waals surface area (Å²) in [5.74, 6) is 0.798. The zero-order valence-corrected chi connectivity index (χ0v) is 10.4. The first-order valence-electron chi connectivity index (χ1n) is 5.57. The maximum atomic E-state index is 12.5. The standard InChI is InChI=1S/C12H12F3N3O/c1-7-10(8(2)19-18-7)6-17-11-5-9(3-4-16-11)12(13,14)15/h3-5H,6H2,1-2H3,(H,16,17). The third-order valence-corrected chi connectivity index (χ3v) is 2.71. The second-order valence-corrected chi connectivity index (χ2v) is 4.08. The lowest BCUT2D eigenvalue weighted by Gasteiger charge is -2.09. The fourth-order valence-electron chi connectivity index (χ4n) is 1.64. The van der Waals surface area contributed by atoms with Crippen molar-refractivity contribution in [3.63, 3.8) is 0 Å². The number of aromatic nitrogens is 2. The van der Waals surface area contributed by atoms with Crippen LogP contribution >= 0.6 is 0 Å². The number of nitrogens with zero attached hydrogens (tertiary/aromatic N) is 2. The van der Waals surface area contributed by atoms with Crippen molar-refractivity contribution in [1.29, 1.82) is 0 Å². The molecule has 0 unspecified atom stereocenters. The topological polar surface area (TPSA) is 51.0 Å². The van der Waals surface area contributed by atoms with Crippen LogP contribution in [0, 0.1) is 13.8 Å². The van der Waals surface area contributed by atoms with Gasteiger partial charge in [0.15, 0.2) is 0 Å². The minimum absolute atomic E-state index is 0.162. The molecule has 1 N–H and O–H groups in total. The van der Waals surface area contributed by atoms with Gasteiger partial charge >= 0.3 is 6.18 Å². The summed E-state index contributed by atoms with van der Waals surface area (Å²) in [5, 5.41) is 6.60. The molecule has 0 fully saturated rings. The van der Waals surface area contributed by atoms with E-state index in [4.69, 9.17) is 4.52 Å². The molecule has 102 valence electrons. The number of hydrogen-bond acceptors (Lipinski definition) is 4. The molecule has 0 bridgehead atoms. The predicted octanol–water partition coefficient (Wildman–Crippen LogP) is 3.32. The summed E-state index contributed by atoms with van der Waals surface area (Å²) in [6, 6.07) is 1.90. The SMILES string of the molecule is Cc1noc(C)c1CNc1cc(C(F)(F)F)ccn1. The highest BCUT2D eigenvalue weighted by molar-refractivity contribution is 5.40. The highest BCUT2D eigenvalue weighted by atomic mass is 19.4.